The molecule has 1 aliphatic rings. The van der Waals surface area contributed by atoms with Crippen LogP contribution in [-0.2, 0) is 16.1 Å². The molecule has 8 nitrogen and oxygen atoms in total. The molecule has 0 saturated carbocycles. The number of furan rings is 1. The number of benzene rings is 3. The summed E-state index contributed by atoms with van der Waals surface area (Å²) in [5.41, 5.74) is 2.06. The van der Waals surface area contributed by atoms with Crippen molar-refractivity contribution >= 4 is 90.2 Å². The van der Waals surface area contributed by atoms with E-state index >= 15 is 0 Å². The Bertz CT molecular complexity index is 1690. The van der Waals surface area contributed by atoms with E-state index in [0.717, 1.165) is 14.5 Å². The number of nitrogens with one attached hydrogen (secondary N) is 1. The van der Waals surface area contributed by atoms with Crippen LogP contribution in [0.5, 0.6) is 5.75 Å². The molecule has 2 heterocycles. The van der Waals surface area contributed by atoms with Gasteiger partial charge in [-0.2, -0.15) is 5.10 Å². The van der Waals surface area contributed by atoms with Crippen LogP contribution in [0.25, 0.3) is 6.08 Å². The number of thioether (sulfide) groups is 1. The van der Waals surface area contributed by atoms with Crippen molar-refractivity contribution < 1.29 is 18.7 Å². The van der Waals surface area contributed by atoms with Crippen LogP contribution in [0.3, 0.4) is 0 Å². The SMILES string of the molecule is O=C(COc1ccc(Br)cc1/C=C1\S/C(=N/N=C\c2cccc(Br)c2)N(Cc2ccco2)C1=O)Nc1ccc(Cl)cc1. The van der Waals surface area contributed by atoms with Crippen LogP contribution in [0, 0.1) is 0 Å². The molecule has 0 bridgehead atoms. The van der Waals surface area contributed by atoms with Crippen molar-refractivity contribution in [3.63, 3.8) is 0 Å². The first-order chi connectivity index (χ1) is 20.3. The minimum Gasteiger partial charge on any atom is -0.483 e. The van der Waals surface area contributed by atoms with Crippen LogP contribution >= 0.6 is 55.2 Å². The summed E-state index contributed by atoms with van der Waals surface area (Å²) in [6.45, 7) is -0.0444. The van der Waals surface area contributed by atoms with Gasteiger partial charge in [0, 0.05) is 25.2 Å². The summed E-state index contributed by atoms with van der Waals surface area (Å²) in [7, 11) is 0. The van der Waals surface area contributed by atoms with Crippen molar-refractivity contribution in [2.24, 2.45) is 10.2 Å². The molecule has 0 atom stereocenters. The number of amides is 2. The van der Waals surface area contributed by atoms with E-state index in [1.165, 1.54) is 16.7 Å². The van der Waals surface area contributed by atoms with E-state index in [-0.39, 0.29) is 25.0 Å². The molecule has 4 aromatic rings. The van der Waals surface area contributed by atoms with Gasteiger partial charge in [0.15, 0.2) is 11.8 Å². The lowest BCUT2D eigenvalue weighted by Gasteiger charge is -2.13. The first kappa shape index (κ1) is 29.8. The Kier molecular flexibility index (Phi) is 9.96. The lowest BCUT2D eigenvalue weighted by Crippen LogP contribution is -2.28. The summed E-state index contributed by atoms with van der Waals surface area (Å²) in [4.78, 5) is 28.0. The van der Waals surface area contributed by atoms with Crippen LogP contribution in [-0.4, -0.2) is 34.7 Å². The quantitative estimate of drug-likeness (QED) is 0.107. The molecular formula is C30H21Br2ClN4O4S. The highest BCUT2D eigenvalue weighted by Gasteiger charge is 2.34. The maximum absolute atomic E-state index is 13.5. The molecule has 0 unspecified atom stereocenters. The van der Waals surface area contributed by atoms with Crippen LogP contribution in [0.2, 0.25) is 5.02 Å². The lowest BCUT2D eigenvalue weighted by molar-refractivity contribution is -0.122. The normalized spacial score (nSPS) is 15.2. The summed E-state index contributed by atoms with van der Waals surface area (Å²) in [6, 6.07) is 23.3. The van der Waals surface area contributed by atoms with Gasteiger partial charge in [0.25, 0.3) is 11.8 Å². The highest BCUT2D eigenvalue weighted by molar-refractivity contribution is 9.10. The number of carbonyl (C=O) groups excluding carboxylic acids is 2. The van der Waals surface area contributed by atoms with Crippen molar-refractivity contribution in [3.05, 3.63) is 121 Å². The van der Waals surface area contributed by atoms with Crippen molar-refractivity contribution in [1.82, 2.24) is 4.90 Å². The maximum atomic E-state index is 13.5. The maximum Gasteiger partial charge on any atom is 0.267 e. The number of halogens is 3. The Morgan fingerprint density at radius 2 is 1.86 bits per heavy atom. The summed E-state index contributed by atoms with van der Waals surface area (Å²) in [5, 5.41) is 12.3. The van der Waals surface area contributed by atoms with Crippen LogP contribution in [0.4, 0.5) is 5.69 Å². The molecule has 1 N–H and O–H groups in total. The topological polar surface area (TPSA) is 96.5 Å². The Labute approximate surface area is 267 Å². The molecule has 0 spiro atoms. The van der Waals surface area contributed by atoms with Gasteiger partial charge in [-0.25, -0.2) is 0 Å². The third-order valence-electron chi connectivity index (χ3n) is 5.73. The second kappa shape index (κ2) is 14.0. The molecule has 5 rings (SSSR count). The summed E-state index contributed by atoms with van der Waals surface area (Å²) >= 11 is 14.0. The monoisotopic (exact) mass is 726 g/mol. The second-order valence-electron chi connectivity index (χ2n) is 8.79. The number of hydrogen-bond acceptors (Lipinski definition) is 7. The van der Waals surface area contributed by atoms with Gasteiger partial charge in [-0.1, -0.05) is 55.6 Å². The molecular weight excluding hydrogens is 708 g/mol. The molecule has 1 aliphatic heterocycles. The zero-order chi connectivity index (χ0) is 29.5. The third kappa shape index (κ3) is 8.01. The molecule has 1 fully saturated rings. The first-order valence-corrected chi connectivity index (χ1v) is 15.2. The average molecular weight is 729 g/mol. The molecule has 42 heavy (non-hydrogen) atoms. The smallest absolute Gasteiger partial charge is 0.267 e. The Morgan fingerprint density at radius 1 is 1.05 bits per heavy atom. The van der Waals surface area contributed by atoms with E-state index < -0.39 is 0 Å². The number of rotatable bonds is 9. The molecule has 1 saturated heterocycles. The zero-order valence-electron chi connectivity index (χ0n) is 21.7. The fraction of sp³-hybridized carbons (Fsp3) is 0.0667. The number of ether oxygens (including phenoxy) is 1. The third-order valence-corrected chi connectivity index (χ3v) is 7.96. The van der Waals surface area contributed by atoms with Crippen molar-refractivity contribution in [3.8, 4) is 5.75 Å². The number of anilines is 1. The van der Waals surface area contributed by atoms with Crippen molar-refractivity contribution in [2.45, 2.75) is 6.54 Å². The van der Waals surface area contributed by atoms with Crippen LogP contribution in [0.15, 0.2) is 114 Å². The van der Waals surface area contributed by atoms with E-state index in [9.17, 15) is 9.59 Å². The summed E-state index contributed by atoms with van der Waals surface area (Å²) in [6.07, 6.45) is 4.88. The highest BCUT2D eigenvalue weighted by Crippen LogP contribution is 2.36. The van der Waals surface area contributed by atoms with Gasteiger partial charge in [-0.15, -0.1) is 5.10 Å². The lowest BCUT2D eigenvalue weighted by atomic mass is 10.2. The van der Waals surface area contributed by atoms with Crippen molar-refractivity contribution in [2.75, 3.05) is 11.9 Å². The highest BCUT2D eigenvalue weighted by atomic mass is 79.9. The fourth-order valence-electron chi connectivity index (χ4n) is 3.79. The molecule has 3 aromatic carbocycles. The van der Waals surface area contributed by atoms with Gasteiger partial charge in [0.05, 0.1) is 23.9 Å². The predicted octanol–water partition coefficient (Wildman–Crippen LogP) is 7.98. The van der Waals surface area contributed by atoms with E-state index in [1.54, 1.807) is 67.1 Å². The van der Waals surface area contributed by atoms with E-state index in [0.29, 0.717) is 37.9 Å². The average Bonchev–Trinajstić information content (AvgIpc) is 3.58. The first-order valence-electron chi connectivity index (χ1n) is 12.4. The number of nitrogens with zero attached hydrogens (tertiary/aromatic N) is 3. The molecule has 0 radical (unpaired) electrons. The molecule has 12 heteroatoms. The molecule has 2 amide bonds. The predicted molar refractivity (Wildman–Crippen MR) is 174 cm³/mol. The largest absolute Gasteiger partial charge is 0.483 e. The van der Waals surface area contributed by atoms with Gasteiger partial charge in [0.2, 0.25) is 0 Å². The summed E-state index contributed by atoms with van der Waals surface area (Å²) in [5.74, 6) is 0.430. The van der Waals surface area contributed by atoms with Gasteiger partial charge in [-0.05, 0) is 90.1 Å². The minimum atomic E-state index is -0.340. The van der Waals surface area contributed by atoms with Gasteiger partial charge < -0.3 is 14.5 Å². The van der Waals surface area contributed by atoms with E-state index in [1.807, 2.05) is 30.3 Å². The van der Waals surface area contributed by atoms with Crippen LogP contribution in [0.1, 0.15) is 16.9 Å². The summed E-state index contributed by atoms with van der Waals surface area (Å²) < 4.78 is 13.0. The Balaban J connectivity index is 1.36. The van der Waals surface area contributed by atoms with Crippen LogP contribution < -0.4 is 10.1 Å². The number of amidine groups is 1. The van der Waals surface area contributed by atoms with Gasteiger partial charge >= 0.3 is 0 Å². The fourth-order valence-corrected chi connectivity index (χ4v) is 5.64. The van der Waals surface area contributed by atoms with E-state index in [2.05, 4.69) is 47.4 Å². The number of carbonyl (C=O) groups is 2. The standard InChI is InChI=1S/C30H21Br2ClN4O4S/c31-21-4-1-3-19(13-21)16-34-36-30-37(17-25-5-2-12-40-25)29(39)27(42-30)15-20-14-22(32)6-11-26(20)41-18-28(38)35-24-9-7-23(33)8-10-24/h1-16H,17-18H2,(H,35,38)/b27-15-,34-16-,36-30+. The Hall–Kier alpha value is -3.64. The minimum absolute atomic E-state index is 0.189. The second-order valence-corrected chi connectivity index (χ2v) is 12.1. The van der Waals surface area contributed by atoms with E-state index in [4.69, 9.17) is 20.8 Å². The zero-order valence-corrected chi connectivity index (χ0v) is 26.4. The van der Waals surface area contributed by atoms with Gasteiger partial charge in [-0.3, -0.25) is 14.5 Å². The van der Waals surface area contributed by atoms with Gasteiger partial charge in [0.1, 0.15) is 11.5 Å². The molecule has 1 aromatic heterocycles. The Morgan fingerprint density at radius 3 is 2.62 bits per heavy atom. The molecule has 212 valence electrons. The van der Waals surface area contributed by atoms with Crippen molar-refractivity contribution in [1.29, 1.82) is 0 Å². The molecule has 0 aliphatic carbocycles. The number of hydrogen-bond donors (Lipinski definition) is 1.